The predicted octanol–water partition coefficient (Wildman–Crippen LogP) is 1.02. The van der Waals surface area contributed by atoms with Gasteiger partial charge >= 0.3 is 5.97 Å². The van der Waals surface area contributed by atoms with Crippen molar-refractivity contribution in [3.8, 4) is 5.75 Å². The van der Waals surface area contributed by atoms with Gasteiger partial charge in [-0.05, 0) is 30.7 Å². The number of carbonyl (C=O) groups is 1. The summed E-state index contributed by atoms with van der Waals surface area (Å²) in [7, 11) is 1.16. The van der Waals surface area contributed by atoms with E-state index in [1.54, 1.807) is 0 Å². The van der Waals surface area contributed by atoms with Gasteiger partial charge in [0.1, 0.15) is 0 Å². The van der Waals surface area contributed by atoms with Crippen molar-refractivity contribution < 1.29 is 23.0 Å². The van der Waals surface area contributed by atoms with Gasteiger partial charge in [0.15, 0.2) is 24.0 Å². The van der Waals surface area contributed by atoms with Crippen LogP contribution in [0.3, 0.4) is 0 Å². The molecule has 0 aromatic heterocycles. The Morgan fingerprint density at radius 1 is 1.35 bits per heavy atom. The van der Waals surface area contributed by atoms with Crippen LogP contribution in [0.4, 0.5) is 8.78 Å². The fourth-order valence-corrected chi connectivity index (χ4v) is 1.25. The van der Waals surface area contributed by atoms with Gasteiger partial charge in [0.05, 0.1) is 7.11 Å². The third-order valence-corrected chi connectivity index (χ3v) is 2.05. The van der Waals surface area contributed by atoms with Gasteiger partial charge in [-0.1, -0.05) is 0 Å². The highest BCUT2D eigenvalue weighted by atomic mass is 19.1. The summed E-state index contributed by atoms with van der Waals surface area (Å²) >= 11 is 0. The molecule has 17 heavy (non-hydrogen) atoms. The number of ether oxygens (including phenoxy) is 2. The lowest BCUT2D eigenvalue weighted by Crippen LogP contribution is -2.14. The van der Waals surface area contributed by atoms with Gasteiger partial charge < -0.3 is 15.2 Å². The number of carbonyl (C=O) groups excluding carboxylic acids is 1. The van der Waals surface area contributed by atoms with Crippen molar-refractivity contribution >= 4 is 5.97 Å². The number of hydrogen-bond acceptors (Lipinski definition) is 4. The molecule has 0 saturated carbocycles. The van der Waals surface area contributed by atoms with Gasteiger partial charge in [0.2, 0.25) is 0 Å². The monoisotopic (exact) mass is 245 g/mol. The number of nitrogens with two attached hydrogens (primary N) is 1. The topological polar surface area (TPSA) is 61.5 Å². The molecule has 0 heterocycles. The number of methoxy groups -OCH3 is 1. The van der Waals surface area contributed by atoms with E-state index in [4.69, 9.17) is 10.5 Å². The molecule has 94 valence electrons. The van der Waals surface area contributed by atoms with Crippen LogP contribution >= 0.6 is 0 Å². The number of rotatable bonds is 5. The third-order valence-electron chi connectivity index (χ3n) is 2.05. The molecular formula is C11H13F2NO3. The number of hydrogen-bond donors (Lipinski definition) is 1. The summed E-state index contributed by atoms with van der Waals surface area (Å²) in [5, 5.41) is 0. The van der Waals surface area contributed by atoms with E-state index < -0.39 is 30.0 Å². The number of benzene rings is 1. The molecule has 1 rings (SSSR count). The molecule has 0 saturated heterocycles. The third kappa shape index (κ3) is 3.67. The van der Waals surface area contributed by atoms with Crippen molar-refractivity contribution in [2.45, 2.75) is 6.42 Å². The van der Waals surface area contributed by atoms with Gasteiger partial charge in [-0.2, -0.15) is 0 Å². The highest BCUT2D eigenvalue weighted by Crippen LogP contribution is 2.23. The SMILES string of the molecule is COC(=O)COc1c(F)cc(CCN)cc1F. The maximum atomic E-state index is 13.4. The van der Waals surface area contributed by atoms with Crippen LogP contribution in [0, 0.1) is 11.6 Å². The first-order chi connectivity index (χ1) is 8.08. The Labute approximate surface area is 97.3 Å². The van der Waals surface area contributed by atoms with E-state index in [1.807, 2.05) is 0 Å². The van der Waals surface area contributed by atoms with Crippen LogP contribution in [0.5, 0.6) is 5.75 Å². The van der Waals surface area contributed by atoms with Crippen molar-refractivity contribution in [3.05, 3.63) is 29.3 Å². The summed E-state index contributed by atoms with van der Waals surface area (Å²) in [5.41, 5.74) is 5.72. The summed E-state index contributed by atoms with van der Waals surface area (Å²) in [6.07, 6.45) is 0.366. The Balaban J connectivity index is 2.82. The average Bonchev–Trinajstić information content (AvgIpc) is 2.28. The summed E-state index contributed by atoms with van der Waals surface area (Å²) in [6, 6.07) is 2.26. The molecule has 4 nitrogen and oxygen atoms in total. The maximum absolute atomic E-state index is 13.4. The minimum absolute atomic E-state index is 0.293. The van der Waals surface area contributed by atoms with Gasteiger partial charge in [0.25, 0.3) is 0 Å². The zero-order valence-electron chi connectivity index (χ0n) is 9.33. The summed E-state index contributed by atoms with van der Waals surface area (Å²) in [6.45, 7) is -0.248. The highest BCUT2D eigenvalue weighted by Gasteiger charge is 2.14. The Kier molecular flexibility index (Phi) is 4.84. The lowest BCUT2D eigenvalue weighted by Gasteiger charge is -2.08. The standard InChI is InChI=1S/C11H13F2NO3/c1-16-10(15)6-17-11-8(12)4-7(2-3-14)5-9(11)13/h4-5H,2-3,6,14H2,1H3. The zero-order valence-corrected chi connectivity index (χ0v) is 9.33. The molecule has 0 aliphatic carbocycles. The van der Waals surface area contributed by atoms with Crippen LogP contribution in [-0.2, 0) is 16.0 Å². The van der Waals surface area contributed by atoms with Crippen LogP contribution in [0.2, 0.25) is 0 Å². The second-order valence-electron chi connectivity index (χ2n) is 3.29. The van der Waals surface area contributed by atoms with E-state index in [0.29, 0.717) is 18.5 Å². The molecule has 1 aromatic rings. The zero-order chi connectivity index (χ0) is 12.8. The van der Waals surface area contributed by atoms with Crippen LogP contribution in [0.25, 0.3) is 0 Å². The van der Waals surface area contributed by atoms with Gasteiger partial charge in [0, 0.05) is 0 Å². The molecule has 0 aliphatic heterocycles. The second kappa shape index (κ2) is 6.15. The smallest absolute Gasteiger partial charge is 0.343 e. The van der Waals surface area contributed by atoms with E-state index in [1.165, 1.54) is 0 Å². The van der Waals surface area contributed by atoms with Gasteiger partial charge in [-0.25, -0.2) is 13.6 Å². The van der Waals surface area contributed by atoms with Gasteiger partial charge in [-0.3, -0.25) is 0 Å². The first-order valence-electron chi connectivity index (χ1n) is 4.96. The van der Waals surface area contributed by atoms with Crippen LogP contribution < -0.4 is 10.5 Å². The first-order valence-corrected chi connectivity index (χ1v) is 4.96. The van der Waals surface area contributed by atoms with Crippen LogP contribution in [0.15, 0.2) is 12.1 Å². The number of esters is 1. The maximum Gasteiger partial charge on any atom is 0.343 e. The average molecular weight is 245 g/mol. The van der Waals surface area contributed by atoms with E-state index in [0.717, 1.165) is 19.2 Å². The first kappa shape index (κ1) is 13.4. The molecule has 0 radical (unpaired) electrons. The molecule has 0 amide bonds. The largest absolute Gasteiger partial charge is 0.476 e. The van der Waals surface area contributed by atoms with Crippen molar-refractivity contribution in [3.63, 3.8) is 0 Å². The molecule has 0 spiro atoms. The Morgan fingerprint density at radius 2 is 1.94 bits per heavy atom. The fraction of sp³-hybridized carbons (Fsp3) is 0.364. The fourth-order valence-electron chi connectivity index (χ4n) is 1.25. The van der Waals surface area contributed by atoms with E-state index in [9.17, 15) is 13.6 Å². The quantitative estimate of drug-likeness (QED) is 0.787. The molecule has 0 aliphatic rings. The van der Waals surface area contributed by atoms with Gasteiger partial charge in [-0.15, -0.1) is 0 Å². The summed E-state index contributed by atoms with van der Waals surface area (Å²) in [5.74, 6) is -3.03. The van der Waals surface area contributed by atoms with Crippen molar-refractivity contribution in [2.75, 3.05) is 20.3 Å². The molecule has 0 atom stereocenters. The van der Waals surface area contributed by atoms with Crippen molar-refractivity contribution in [1.29, 1.82) is 0 Å². The summed E-state index contributed by atoms with van der Waals surface area (Å²) < 4.78 is 35.8. The van der Waals surface area contributed by atoms with Crippen LogP contribution in [-0.4, -0.2) is 26.2 Å². The minimum atomic E-state index is -0.864. The Hall–Kier alpha value is -1.69. The Morgan fingerprint density at radius 3 is 2.41 bits per heavy atom. The second-order valence-corrected chi connectivity index (χ2v) is 3.29. The van der Waals surface area contributed by atoms with E-state index in [-0.39, 0.29) is 0 Å². The molecule has 2 N–H and O–H groups in total. The summed E-state index contributed by atoms with van der Waals surface area (Å²) in [4.78, 5) is 10.8. The van der Waals surface area contributed by atoms with Crippen molar-refractivity contribution in [2.24, 2.45) is 5.73 Å². The molecule has 0 unspecified atom stereocenters. The molecular weight excluding hydrogens is 232 g/mol. The lowest BCUT2D eigenvalue weighted by atomic mass is 10.1. The lowest BCUT2D eigenvalue weighted by molar-refractivity contribution is -0.143. The van der Waals surface area contributed by atoms with Crippen molar-refractivity contribution in [1.82, 2.24) is 0 Å². The van der Waals surface area contributed by atoms with E-state index >= 15 is 0 Å². The highest BCUT2D eigenvalue weighted by molar-refractivity contribution is 5.70. The van der Waals surface area contributed by atoms with Crippen LogP contribution in [0.1, 0.15) is 5.56 Å². The minimum Gasteiger partial charge on any atom is -0.476 e. The normalized spacial score (nSPS) is 10.1. The number of halogens is 2. The molecule has 1 aromatic carbocycles. The molecule has 0 bridgehead atoms. The molecule has 6 heteroatoms. The predicted molar refractivity (Wildman–Crippen MR) is 56.6 cm³/mol. The Bertz CT molecular complexity index is 387. The van der Waals surface area contributed by atoms with E-state index in [2.05, 4.69) is 4.74 Å². The molecule has 0 fully saturated rings.